The van der Waals surface area contributed by atoms with Crippen LogP contribution in [0.5, 0.6) is 11.5 Å². The number of aryl methyl sites for hydroxylation is 1. The van der Waals surface area contributed by atoms with Crippen molar-refractivity contribution in [3.05, 3.63) is 65.1 Å². The van der Waals surface area contributed by atoms with Crippen molar-refractivity contribution < 1.29 is 23.0 Å². The van der Waals surface area contributed by atoms with E-state index in [1.165, 1.54) is 23.0 Å². The summed E-state index contributed by atoms with van der Waals surface area (Å²) in [6, 6.07) is 9.93. The van der Waals surface area contributed by atoms with Gasteiger partial charge in [0.2, 0.25) is 0 Å². The molecule has 28 heavy (non-hydrogen) atoms. The van der Waals surface area contributed by atoms with Crippen molar-refractivity contribution >= 4 is 0 Å². The monoisotopic (exact) mass is 385 g/mol. The smallest absolute Gasteiger partial charge is 0.281 e. The van der Waals surface area contributed by atoms with Crippen LogP contribution in [0.2, 0.25) is 0 Å². The predicted octanol–water partition coefficient (Wildman–Crippen LogP) is 4.11. The van der Waals surface area contributed by atoms with Gasteiger partial charge in [0.1, 0.15) is 23.4 Å². The Kier molecular flexibility index (Phi) is 4.12. The normalized spacial score (nSPS) is 17.2. The van der Waals surface area contributed by atoms with E-state index in [2.05, 4.69) is 5.10 Å². The van der Waals surface area contributed by atoms with Crippen LogP contribution in [0.15, 0.2) is 42.6 Å². The molecule has 2 aromatic carbocycles. The number of hydrogen-bond acceptors (Lipinski definition) is 4. The van der Waals surface area contributed by atoms with Crippen LogP contribution in [-0.2, 0) is 13.5 Å². The zero-order chi connectivity index (χ0) is 20.1. The van der Waals surface area contributed by atoms with Crippen LogP contribution in [0, 0.1) is 17.1 Å². The number of aliphatic hydroxyl groups is 1. The fourth-order valence-corrected chi connectivity index (χ4v) is 3.45. The predicted molar refractivity (Wildman–Crippen MR) is 93.4 cm³/mol. The largest absolute Gasteiger partial charge is 0.457 e. The van der Waals surface area contributed by atoms with Crippen LogP contribution in [0.4, 0.5) is 13.2 Å². The van der Waals surface area contributed by atoms with Gasteiger partial charge < -0.3 is 9.84 Å². The van der Waals surface area contributed by atoms with Gasteiger partial charge in [0, 0.05) is 42.4 Å². The number of hydrogen-bond donors (Lipinski definition) is 1. The highest BCUT2D eigenvalue weighted by Crippen LogP contribution is 2.50. The number of nitriles is 1. The van der Waals surface area contributed by atoms with Gasteiger partial charge in [-0.2, -0.15) is 10.4 Å². The van der Waals surface area contributed by atoms with Crippen LogP contribution < -0.4 is 4.74 Å². The molecule has 1 aliphatic rings. The van der Waals surface area contributed by atoms with Crippen molar-refractivity contribution in [3.63, 3.8) is 0 Å². The number of rotatable bonds is 3. The Labute approximate surface area is 158 Å². The molecule has 0 aliphatic heterocycles. The lowest BCUT2D eigenvalue weighted by Crippen LogP contribution is -2.21. The molecule has 1 heterocycles. The minimum atomic E-state index is -3.37. The molecule has 1 N–H and O–H groups in total. The van der Waals surface area contributed by atoms with E-state index < -0.39 is 24.3 Å². The summed E-state index contributed by atoms with van der Waals surface area (Å²) in [6.45, 7) is 0. The SMILES string of the molecule is Cn1nccc1-c1ccc(Oc2cc(F)cc(C#N)c2)c2c1C(O)C(F)(F)C2. The fraction of sp³-hybridized carbons (Fsp3) is 0.200. The highest BCUT2D eigenvalue weighted by molar-refractivity contribution is 5.70. The lowest BCUT2D eigenvalue weighted by atomic mass is 9.98. The van der Waals surface area contributed by atoms with E-state index in [9.17, 15) is 18.3 Å². The lowest BCUT2D eigenvalue weighted by Gasteiger charge is -2.17. The van der Waals surface area contributed by atoms with Crippen molar-refractivity contribution in [2.24, 2.45) is 7.05 Å². The van der Waals surface area contributed by atoms with E-state index in [0.29, 0.717) is 11.3 Å². The number of benzene rings is 2. The molecule has 4 rings (SSSR count). The summed E-state index contributed by atoms with van der Waals surface area (Å²) in [5, 5.41) is 23.3. The van der Waals surface area contributed by atoms with Crippen LogP contribution in [0.3, 0.4) is 0 Å². The van der Waals surface area contributed by atoms with E-state index in [0.717, 1.165) is 12.1 Å². The number of aromatic nitrogens is 2. The molecule has 1 atom stereocenters. The summed E-state index contributed by atoms with van der Waals surface area (Å²) in [5.41, 5.74) is 1.23. The minimum Gasteiger partial charge on any atom is -0.457 e. The maximum atomic E-state index is 14.3. The van der Waals surface area contributed by atoms with Crippen molar-refractivity contribution in [1.29, 1.82) is 5.26 Å². The Bertz CT molecular complexity index is 1120. The molecule has 1 unspecified atom stereocenters. The number of ether oxygens (including phenoxy) is 1. The van der Waals surface area contributed by atoms with Gasteiger partial charge in [-0.05, 0) is 30.3 Å². The summed E-state index contributed by atoms with van der Waals surface area (Å²) < 4.78 is 49.5. The van der Waals surface area contributed by atoms with Crippen LogP contribution in [0.25, 0.3) is 11.3 Å². The van der Waals surface area contributed by atoms with Crippen LogP contribution in [-0.4, -0.2) is 20.8 Å². The standard InChI is InChI=1S/C20H14F3N3O2/c1-26-16(4-5-25-26)14-2-3-17(15-9-20(22,23)19(27)18(14)15)28-13-7-11(10-24)6-12(21)8-13/h2-8,19,27H,9H2,1H3. The highest BCUT2D eigenvalue weighted by atomic mass is 19.3. The third-order valence-electron chi connectivity index (χ3n) is 4.73. The van der Waals surface area contributed by atoms with Gasteiger partial charge >= 0.3 is 0 Å². The minimum absolute atomic E-state index is 0.0109. The number of alkyl halides is 2. The maximum absolute atomic E-state index is 14.3. The van der Waals surface area contributed by atoms with Gasteiger partial charge in [-0.3, -0.25) is 4.68 Å². The first kappa shape index (κ1) is 18.1. The molecule has 0 amide bonds. The van der Waals surface area contributed by atoms with E-state index in [1.54, 1.807) is 19.2 Å². The summed E-state index contributed by atoms with van der Waals surface area (Å²) in [6.07, 6.45) is -1.19. The molecule has 0 saturated carbocycles. The summed E-state index contributed by atoms with van der Waals surface area (Å²) in [5.74, 6) is -3.96. The molecule has 0 radical (unpaired) electrons. The molecular weight excluding hydrogens is 371 g/mol. The van der Waals surface area contributed by atoms with Crippen LogP contribution in [0.1, 0.15) is 22.8 Å². The number of nitrogens with zero attached hydrogens (tertiary/aromatic N) is 3. The Morgan fingerprint density at radius 2 is 2.07 bits per heavy atom. The topological polar surface area (TPSA) is 71.1 Å². The molecule has 142 valence electrons. The third-order valence-corrected chi connectivity index (χ3v) is 4.73. The van der Waals surface area contributed by atoms with Crippen molar-refractivity contribution in [1.82, 2.24) is 9.78 Å². The molecule has 0 bridgehead atoms. The van der Waals surface area contributed by atoms with Crippen molar-refractivity contribution in [2.75, 3.05) is 0 Å². The van der Waals surface area contributed by atoms with Crippen molar-refractivity contribution in [2.45, 2.75) is 18.4 Å². The third kappa shape index (κ3) is 2.90. The van der Waals surface area contributed by atoms with Gasteiger partial charge in [0.15, 0.2) is 0 Å². The average Bonchev–Trinajstić information content (AvgIpc) is 3.16. The summed E-state index contributed by atoms with van der Waals surface area (Å²) >= 11 is 0. The second-order valence-electron chi connectivity index (χ2n) is 6.57. The van der Waals surface area contributed by atoms with Crippen LogP contribution >= 0.6 is 0 Å². The second-order valence-corrected chi connectivity index (χ2v) is 6.57. The Balaban J connectivity index is 1.85. The lowest BCUT2D eigenvalue weighted by molar-refractivity contribution is -0.0967. The Hall–Kier alpha value is -3.31. The van der Waals surface area contributed by atoms with Crippen molar-refractivity contribution in [3.8, 4) is 28.8 Å². The zero-order valence-electron chi connectivity index (χ0n) is 14.7. The molecule has 1 aromatic heterocycles. The van der Waals surface area contributed by atoms with E-state index in [4.69, 9.17) is 10.00 Å². The maximum Gasteiger partial charge on any atom is 0.281 e. The van der Waals surface area contributed by atoms with Gasteiger partial charge in [-0.25, -0.2) is 13.2 Å². The molecule has 1 aliphatic carbocycles. The van der Waals surface area contributed by atoms with Gasteiger partial charge in [-0.1, -0.05) is 0 Å². The van der Waals surface area contributed by atoms with Gasteiger partial charge in [-0.15, -0.1) is 0 Å². The first-order valence-corrected chi connectivity index (χ1v) is 8.39. The van der Waals surface area contributed by atoms with E-state index in [1.807, 2.05) is 6.07 Å². The van der Waals surface area contributed by atoms with Gasteiger partial charge in [0.25, 0.3) is 5.92 Å². The molecule has 0 fully saturated rings. The molecule has 5 nitrogen and oxygen atoms in total. The quantitative estimate of drug-likeness (QED) is 0.736. The second kappa shape index (κ2) is 6.39. The van der Waals surface area contributed by atoms with E-state index in [-0.39, 0.29) is 28.2 Å². The number of aliphatic hydroxyl groups excluding tert-OH is 1. The molecular formula is C20H14F3N3O2. The molecule has 0 spiro atoms. The number of fused-ring (bicyclic) bond motifs is 1. The zero-order valence-corrected chi connectivity index (χ0v) is 14.7. The van der Waals surface area contributed by atoms with E-state index >= 15 is 0 Å². The highest BCUT2D eigenvalue weighted by Gasteiger charge is 2.49. The number of halogens is 3. The van der Waals surface area contributed by atoms with Gasteiger partial charge in [0.05, 0.1) is 17.3 Å². The molecule has 0 saturated heterocycles. The molecule has 3 aromatic rings. The first-order chi connectivity index (χ1) is 13.3. The Morgan fingerprint density at radius 1 is 1.29 bits per heavy atom. The molecule has 8 heteroatoms. The Morgan fingerprint density at radius 3 is 2.75 bits per heavy atom. The first-order valence-electron chi connectivity index (χ1n) is 8.39. The average molecular weight is 385 g/mol. The summed E-state index contributed by atoms with van der Waals surface area (Å²) in [7, 11) is 1.67. The summed E-state index contributed by atoms with van der Waals surface area (Å²) in [4.78, 5) is 0. The fourth-order valence-electron chi connectivity index (χ4n) is 3.45.